The van der Waals surface area contributed by atoms with Crippen LogP contribution in [0.15, 0.2) is 36.7 Å². The molecule has 0 aliphatic carbocycles. The maximum absolute atomic E-state index is 13.4. The van der Waals surface area contributed by atoms with Crippen molar-refractivity contribution in [1.29, 1.82) is 0 Å². The predicted octanol–water partition coefficient (Wildman–Crippen LogP) is 4.17. The molecule has 180 valence electrons. The summed E-state index contributed by atoms with van der Waals surface area (Å²) in [5.41, 5.74) is 4.34. The zero-order chi connectivity index (χ0) is 23.5. The number of fused-ring (bicyclic) bond motifs is 1. The molecule has 2 fully saturated rings. The molecule has 0 atom stereocenters. The van der Waals surface area contributed by atoms with Gasteiger partial charge in [0.1, 0.15) is 6.17 Å². The summed E-state index contributed by atoms with van der Waals surface area (Å²) in [6.07, 6.45) is 8.33. The Labute approximate surface area is 200 Å². The van der Waals surface area contributed by atoms with Gasteiger partial charge < -0.3 is 0 Å². The lowest BCUT2D eigenvalue weighted by Gasteiger charge is -2.27. The minimum atomic E-state index is -0.720. The van der Waals surface area contributed by atoms with Gasteiger partial charge in [0.2, 0.25) is 0 Å². The van der Waals surface area contributed by atoms with Crippen LogP contribution in [0.1, 0.15) is 43.5 Å². The molecule has 0 saturated carbocycles. The lowest BCUT2D eigenvalue weighted by atomic mass is 10.0. The van der Waals surface area contributed by atoms with Crippen LogP contribution in [-0.2, 0) is 24.8 Å². The van der Waals surface area contributed by atoms with Crippen LogP contribution in [-0.4, -0.2) is 69.2 Å². The van der Waals surface area contributed by atoms with E-state index in [2.05, 4.69) is 38.1 Å². The Balaban J connectivity index is 1.32. The molecule has 1 aromatic carbocycles. The highest BCUT2D eigenvalue weighted by atomic mass is 19.1. The predicted molar refractivity (Wildman–Crippen MR) is 132 cm³/mol. The molecule has 0 bridgehead atoms. The number of carbonyl (C=O) groups is 1. The molecule has 0 spiro atoms. The van der Waals surface area contributed by atoms with Crippen molar-refractivity contribution in [3.8, 4) is 11.1 Å². The maximum atomic E-state index is 13.4. The van der Waals surface area contributed by atoms with Gasteiger partial charge >= 0.3 is 0 Å². The summed E-state index contributed by atoms with van der Waals surface area (Å²) in [6.45, 7) is 4.91. The SMILES string of the molecule is Cn1ncc(-c2ccc3cnc(CC(=O)CN4CCC(F)CC4)cc3c2)c1CN1CCCCC1. The summed E-state index contributed by atoms with van der Waals surface area (Å²) < 4.78 is 15.4. The molecule has 2 aliphatic rings. The Bertz CT molecular complexity index is 1150. The van der Waals surface area contributed by atoms with E-state index in [-0.39, 0.29) is 5.78 Å². The fourth-order valence-electron chi connectivity index (χ4n) is 5.24. The molecular formula is C27H34FN5O. The van der Waals surface area contributed by atoms with Gasteiger partial charge in [-0.15, -0.1) is 0 Å². The lowest BCUT2D eigenvalue weighted by molar-refractivity contribution is -0.120. The molecule has 6 nitrogen and oxygen atoms in total. The number of aryl methyl sites for hydroxylation is 1. The summed E-state index contributed by atoms with van der Waals surface area (Å²) in [5, 5.41) is 6.71. The van der Waals surface area contributed by atoms with Crippen LogP contribution in [0.2, 0.25) is 0 Å². The second-order valence-electron chi connectivity index (χ2n) is 9.87. The topological polar surface area (TPSA) is 54.3 Å². The number of nitrogens with zero attached hydrogens (tertiary/aromatic N) is 5. The van der Waals surface area contributed by atoms with Crippen molar-refractivity contribution in [2.24, 2.45) is 7.05 Å². The average molecular weight is 464 g/mol. The van der Waals surface area contributed by atoms with Crippen molar-refractivity contribution in [3.63, 3.8) is 0 Å². The van der Waals surface area contributed by atoms with Gasteiger partial charge in [0.15, 0.2) is 5.78 Å². The number of hydrogen-bond donors (Lipinski definition) is 0. The summed E-state index contributed by atoms with van der Waals surface area (Å²) in [6, 6.07) is 8.46. The van der Waals surface area contributed by atoms with Gasteiger partial charge in [-0.3, -0.25) is 24.3 Å². The summed E-state index contributed by atoms with van der Waals surface area (Å²) in [7, 11) is 2.02. The summed E-state index contributed by atoms with van der Waals surface area (Å²) >= 11 is 0. The quantitative estimate of drug-likeness (QED) is 0.527. The maximum Gasteiger partial charge on any atom is 0.152 e. The van der Waals surface area contributed by atoms with Crippen LogP contribution in [0.5, 0.6) is 0 Å². The van der Waals surface area contributed by atoms with Crippen molar-refractivity contribution in [1.82, 2.24) is 24.6 Å². The zero-order valence-electron chi connectivity index (χ0n) is 20.0. The number of pyridine rings is 1. The number of piperidine rings is 2. The highest BCUT2D eigenvalue weighted by Gasteiger charge is 2.21. The number of alkyl halides is 1. The largest absolute Gasteiger partial charge is 0.298 e. The van der Waals surface area contributed by atoms with E-state index in [1.165, 1.54) is 30.5 Å². The highest BCUT2D eigenvalue weighted by Crippen LogP contribution is 2.29. The van der Waals surface area contributed by atoms with Gasteiger partial charge in [-0.1, -0.05) is 18.6 Å². The molecule has 4 heterocycles. The Morgan fingerprint density at radius 3 is 2.59 bits per heavy atom. The number of carbonyl (C=O) groups excluding carboxylic acids is 1. The molecule has 2 aliphatic heterocycles. The molecule has 34 heavy (non-hydrogen) atoms. The van der Waals surface area contributed by atoms with Crippen molar-refractivity contribution < 1.29 is 9.18 Å². The van der Waals surface area contributed by atoms with Gasteiger partial charge in [0.05, 0.1) is 24.9 Å². The van der Waals surface area contributed by atoms with Crippen LogP contribution in [0.3, 0.4) is 0 Å². The molecule has 7 heteroatoms. The van der Waals surface area contributed by atoms with Crippen molar-refractivity contribution in [2.45, 2.75) is 51.2 Å². The average Bonchev–Trinajstić information content (AvgIpc) is 3.20. The van der Waals surface area contributed by atoms with Gasteiger partial charge in [0.25, 0.3) is 0 Å². The minimum Gasteiger partial charge on any atom is -0.298 e. The summed E-state index contributed by atoms with van der Waals surface area (Å²) in [5.74, 6) is 0.136. The number of likely N-dealkylation sites (tertiary alicyclic amines) is 2. The van der Waals surface area contributed by atoms with E-state index in [9.17, 15) is 9.18 Å². The number of ketones is 1. The number of rotatable bonds is 7. The molecule has 3 aromatic rings. The number of hydrogen-bond acceptors (Lipinski definition) is 5. The lowest BCUT2D eigenvalue weighted by Crippen LogP contribution is -2.38. The number of aromatic nitrogens is 3. The van der Waals surface area contributed by atoms with Gasteiger partial charge in [-0.05, 0) is 61.9 Å². The van der Waals surface area contributed by atoms with E-state index in [4.69, 9.17) is 0 Å². The van der Waals surface area contributed by atoms with Crippen molar-refractivity contribution in [2.75, 3.05) is 32.7 Å². The van der Waals surface area contributed by atoms with Crippen LogP contribution < -0.4 is 0 Å². The zero-order valence-corrected chi connectivity index (χ0v) is 20.0. The molecule has 0 amide bonds. The van der Waals surface area contributed by atoms with E-state index in [0.717, 1.165) is 41.7 Å². The van der Waals surface area contributed by atoms with Gasteiger partial charge in [-0.2, -0.15) is 5.10 Å². The monoisotopic (exact) mass is 463 g/mol. The Hall–Kier alpha value is -2.64. The van der Waals surface area contributed by atoms with E-state index in [0.29, 0.717) is 38.9 Å². The van der Waals surface area contributed by atoms with Crippen LogP contribution >= 0.6 is 0 Å². The highest BCUT2D eigenvalue weighted by molar-refractivity contribution is 5.89. The molecular weight excluding hydrogens is 429 g/mol. The Morgan fingerprint density at radius 2 is 1.79 bits per heavy atom. The number of benzene rings is 1. The third kappa shape index (κ3) is 5.36. The second kappa shape index (κ2) is 10.3. The third-order valence-electron chi connectivity index (χ3n) is 7.27. The van der Waals surface area contributed by atoms with Crippen molar-refractivity contribution in [3.05, 3.63) is 48.0 Å². The molecule has 0 unspecified atom stereocenters. The molecule has 0 radical (unpaired) electrons. The van der Waals surface area contributed by atoms with E-state index in [1.807, 2.05) is 30.2 Å². The number of halogens is 1. The fraction of sp³-hybridized carbons (Fsp3) is 0.519. The molecule has 2 aromatic heterocycles. The molecule has 5 rings (SSSR count). The first-order chi connectivity index (χ1) is 16.5. The van der Waals surface area contributed by atoms with E-state index in [1.54, 1.807) is 0 Å². The Morgan fingerprint density at radius 1 is 1.00 bits per heavy atom. The van der Waals surface area contributed by atoms with Crippen LogP contribution in [0, 0.1) is 0 Å². The minimum absolute atomic E-state index is 0.136. The molecule has 2 saturated heterocycles. The van der Waals surface area contributed by atoms with Crippen LogP contribution in [0.25, 0.3) is 21.9 Å². The normalized spacial score (nSPS) is 18.5. The number of Topliss-reactive ketones (excluding diaryl/α,β-unsaturated/α-hetero) is 1. The summed E-state index contributed by atoms with van der Waals surface area (Å²) in [4.78, 5) is 21.7. The van der Waals surface area contributed by atoms with Crippen molar-refractivity contribution >= 4 is 16.6 Å². The standard InChI is InChI=1S/C27H34FN5O/c1-31-27(19-32-9-3-2-4-10-32)26(17-30-31)20-5-6-21-16-29-24(14-22(21)13-20)15-25(34)18-33-11-7-23(28)8-12-33/h5-6,13-14,16-17,23H,2-4,7-12,15,18-19H2,1H3. The van der Waals surface area contributed by atoms with E-state index < -0.39 is 6.17 Å². The molecule has 0 N–H and O–H groups in total. The van der Waals surface area contributed by atoms with Gasteiger partial charge in [0, 0.05) is 49.5 Å². The smallest absolute Gasteiger partial charge is 0.152 e. The Kier molecular flexibility index (Phi) is 7.02. The van der Waals surface area contributed by atoms with E-state index >= 15 is 0 Å². The third-order valence-corrected chi connectivity index (χ3v) is 7.27. The second-order valence-corrected chi connectivity index (χ2v) is 9.87. The van der Waals surface area contributed by atoms with Crippen LogP contribution in [0.4, 0.5) is 4.39 Å². The first-order valence-electron chi connectivity index (χ1n) is 12.6. The first-order valence-corrected chi connectivity index (χ1v) is 12.6. The fourth-order valence-corrected chi connectivity index (χ4v) is 5.24. The first kappa shape index (κ1) is 23.1. The van der Waals surface area contributed by atoms with Gasteiger partial charge in [-0.25, -0.2) is 4.39 Å².